The van der Waals surface area contributed by atoms with Crippen LogP contribution in [0.5, 0.6) is 0 Å². The van der Waals surface area contributed by atoms with Gasteiger partial charge >= 0.3 is 0 Å². The standard InChI is InChI=1S/C13H14BrNO2/c14-12-5-6-17-13(12)8-15-7-10-1-3-11(9-16)4-2-10/h1-6,15-16H,7-9H2. The first-order valence-corrected chi connectivity index (χ1v) is 6.20. The number of hydrogen-bond donors (Lipinski definition) is 2. The van der Waals surface area contributed by atoms with Crippen LogP contribution in [-0.2, 0) is 19.7 Å². The summed E-state index contributed by atoms with van der Waals surface area (Å²) >= 11 is 3.41. The molecule has 0 aliphatic carbocycles. The molecule has 2 N–H and O–H groups in total. The molecular formula is C13H14BrNO2. The first-order chi connectivity index (χ1) is 8.29. The van der Waals surface area contributed by atoms with Crippen molar-refractivity contribution in [3.05, 3.63) is 58.0 Å². The smallest absolute Gasteiger partial charge is 0.131 e. The summed E-state index contributed by atoms with van der Waals surface area (Å²) in [6.45, 7) is 1.56. The van der Waals surface area contributed by atoms with Crippen molar-refractivity contribution in [1.82, 2.24) is 5.32 Å². The molecule has 1 aromatic heterocycles. The molecule has 4 heteroatoms. The van der Waals surface area contributed by atoms with E-state index in [0.29, 0.717) is 6.54 Å². The van der Waals surface area contributed by atoms with Crippen LogP contribution >= 0.6 is 15.9 Å². The zero-order valence-electron chi connectivity index (χ0n) is 9.32. The third kappa shape index (κ3) is 3.43. The van der Waals surface area contributed by atoms with Crippen LogP contribution in [0.3, 0.4) is 0 Å². The molecule has 3 nitrogen and oxygen atoms in total. The Morgan fingerprint density at radius 1 is 1.06 bits per heavy atom. The van der Waals surface area contributed by atoms with Gasteiger partial charge in [-0.2, -0.15) is 0 Å². The van der Waals surface area contributed by atoms with Crippen LogP contribution in [0.2, 0.25) is 0 Å². The molecule has 0 saturated carbocycles. The van der Waals surface area contributed by atoms with Gasteiger partial charge in [0.05, 0.1) is 23.9 Å². The van der Waals surface area contributed by atoms with Gasteiger partial charge in [-0.1, -0.05) is 24.3 Å². The van der Waals surface area contributed by atoms with Crippen LogP contribution < -0.4 is 5.32 Å². The van der Waals surface area contributed by atoms with E-state index in [1.807, 2.05) is 30.3 Å². The van der Waals surface area contributed by atoms with E-state index in [-0.39, 0.29) is 6.61 Å². The highest BCUT2D eigenvalue weighted by Crippen LogP contribution is 2.17. The maximum Gasteiger partial charge on any atom is 0.131 e. The van der Waals surface area contributed by atoms with Gasteiger partial charge in [-0.15, -0.1) is 0 Å². The van der Waals surface area contributed by atoms with Crippen LogP contribution in [0.1, 0.15) is 16.9 Å². The van der Waals surface area contributed by atoms with E-state index in [1.54, 1.807) is 6.26 Å². The third-order valence-electron chi connectivity index (χ3n) is 2.51. The van der Waals surface area contributed by atoms with Crippen molar-refractivity contribution in [2.24, 2.45) is 0 Å². The van der Waals surface area contributed by atoms with Crippen molar-refractivity contribution < 1.29 is 9.52 Å². The van der Waals surface area contributed by atoms with Crippen LogP contribution in [0.25, 0.3) is 0 Å². The van der Waals surface area contributed by atoms with E-state index in [1.165, 1.54) is 5.56 Å². The minimum atomic E-state index is 0.0903. The Labute approximate surface area is 109 Å². The van der Waals surface area contributed by atoms with Gasteiger partial charge in [0, 0.05) is 6.54 Å². The van der Waals surface area contributed by atoms with Crippen LogP contribution in [0.4, 0.5) is 0 Å². The molecule has 0 spiro atoms. The number of halogens is 1. The van der Waals surface area contributed by atoms with E-state index < -0.39 is 0 Å². The summed E-state index contributed by atoms with van der Waals surface area (Å²) in [6.07, 6.45) is 1.66. The molecule has 0 amide bonds. The lowest BCUT2D eigenvalue weighted by molar-refractivity contribution is 0.282. The highest BCUT2D eigenvalue weighted by atomic mass is 79.9. The highest BCUT2D eigenvalue weighted by Gasteiger charge is 2.02. The molecule has 90 valence electrons. The van der Waals surface area contributed by atoms with Crippen LogP contribution in [0.15, 0.2) is 45.5 Å². The Hall–Kier alpha value is -1.10. The molecule has 0 fully saturated rings. The Kier molecular flexibility index (Phi) is 4.36. The molecule has 2 aromatic rings. The van der Waals surface area contributed by atoms with E-state index in [2.05, 4.69) is 21.2 Å². The second-order valence-corrected chi connectivity index (χ2v) is 4.62. The minimum absolute atomic E-state index is 0.0903. The van der Waals surface area contributed by atoms with E-state index in [4.69, 9.17) is 9.52 Å². The monoisotopic (exact) mass is 295 g/mol. The van der Waals surface area contributed by atoms with Gasteiger partial charge in [-0.3, -0.25) is 0 Å². The lowest BCUT2D eigenvalue weighted by atomic mass is 10.1. The van der Waals surface area contributed by atoms with Crippen molar-refractivity contribution in [3.8, 4) is 0 Å². The van der Waals surface area contributed by atoms with Crippen molar-refractivity contribution >= 4 is 15.9 Å². The molecular weight excluding hydrogens is 282 g/mol. The number of hydrogen-bond acceptors (Lipinski definition) is 3. The summed E-state index contributed by atoms with van der Waals surface area (Å²) in [5, 5.41) is 12.2. The van der Waals surface area contributed by atoms with Gasteiger partial charge < -0.3 is 14.8 Å². The fourth-order valence-corrected chi connectivity index (χ4v) is 1.88. The van der Waals surface area contributed by atoms with Crippen LogP contribution in [-0.4, -0.2) is 5.11 Å². The van der Waals surface area contributed by atoms with Gasteiger partial charge in [-0.05, 0) is 33.1 Å². The largest absolute Gasteiger partial charge is 0.467 e. The number of benzene rings is 1. The molecule has 2 rings (SSSR count). The molecule has 0 bridgehead atoms. The molecule has 17 heavy (non-hydrogen) atoms. The normalized spacial score (nSPS) is 10.7. The minimum Gasteiger partial charge on any atom is -0.467 e. The topological polar surface area (TPSA) is 45.4 Å². The fraction of sp³-hybridized carbons (Fsp3) is 0.231. The Balaban J connectivity index is 1.83. The summed E-state index contributed by atoms with van der Waals surface area (Å²) in [7, 11) is 0. The van der Waals surface area contributed by atoms with Gasteiger partial charge in [0.2, 0.25) is 0 Å². The van der Waals surface area contributed by atoms with Crippen molar-refractivity contribution in [2.45, 2.75) is 19.7 Å². The average molecular weight is 296 g/mol. The highest BCUT2D eigenvalue weighted by molar-refractivity contribution is 9.10. The van der Waals surface area contributed by atoms with E-state index in [0.717, 1.165) is 22.3 Å². The molecule has 0 saturated heterocycles. The maximum absolute atomic E-state index is 8.93. The molecule has 0 unspecified atom stereocenters. The number of aliphatic hydroxyl groups is 1. The second-order valence-electron chi connectivity index (χ2n) is 3.77. The zero-order chi connectivity index (χ0) is 12.1. The predicted octanol–water partition coefficient (Wildman–Crippen LogP) is 2.82. The Morgan fingerprint density at radius 2 is 1.76 bits per heavy atom. The van der Waals surface area contributed by atoms with Crippen LogP contribution in [0, 0.1) is 0 Å². The molecule has 1 heterocycles. The maximum atomic E-state index is 8.93. The summed E-state index contributed by atoms with van der Waals surface area (Å²) in [6, 6.07) is 9.76. The predicted molar refractivity (Wildman–Crippen MR) is 69.3 cm³/mol. The van der Waals surface area contributed by atoms with Crippen molar-refractivity contribution in [3.63, 3.8) is 0 Å². The lowest BCUT2D eigenvalue weighted by Crippen LogP contribution is -2.12. The number of furan rings is 1. The Bertz CT molecular complexity index is 465. The van der Waals surface area contributed by atoms with Gasteiger partial charge in [0.25, 0.3) is 0 Å². The van der Waals surface area contributed by atoms with Gasteiger partial charge in [-0.25, -0.2) is 0 Å². The molecule has 1 aromatic carbocycles. The second kappa shape index (κ2) is 6.00. The summed E-state index contributed by atoms with van der Waals surface area (Å²) < 4.78 is 6.28. The molecule has 0 atom stereocenters. The SMILES string of the molecule is OCc1ccc(CNCc2occc2Br)cc1. The van der Waals surface area contributed by atoms with Gasteiger partial charge in [0.1, 0.15) is 5.76 Å². The quantitative estimate of drug-likeness (QED) is 0.892. The molecule has 0 aliphatic rings. The number of rotatable bonds is 5. The van der Waals surface area contributed by atoms with E-state index in [9.17, 15) is 0 Å². The third-order valence-corrected chi connectivity index (χ3v) is 3.22. The van der Waals surface area contributed by atoms with Gasteiger partial charge in [0.15, 0.2) is 0 Å². The number of nitrogens with one attached hydrogen (secondary N) is 1. The average Bonchev–Trinajstić information content (AvgIpc) is 2.76. The van der Waals surface area contributed by atoms with E-state index >= 15 is 0 Å². The molecule has 0 radical (unpaired) electrons. The summed E-state index contributed by atoms with van der Waals surface area (Å²) in [5.74, 6) is 0.900. The summed E-state index contributed by atoms with van der Waals surface area (Å²) in [5.41, 5.74) is 2.12. The fourth-order valence-electron chi connectivity index (χ4n) is 1.53. The first kappa shape index (κ1) is 12.4. The Morgan fingerprint density at radius 3 is 2.35 bits per heavy atom. The molecule has 0 aliphatic heterocycles. The first-order valence-electron chi connectivity index (χ1n) is 5.41. The van der Waals surface area contributed by atoms with Crippen molar-refractivity contribution in [2.75, 3.05) is 0 Å². The summed E-state index contributed by atoms with van der Waals surface area (Å²) in [4.78, 5) is 0. The lowest BCUT2D eigenvalue weighted by Gasteiger charge is -2.04. The zero-order valence-corrected chi connectivity index (χ0v) is 10.9. The number of aliphatic hydroxyl groups excluding tert-OH is 1. The van der Waals surface area contributed by atoms with Crippen molar-refractivity contribution in [1.29, 1.82) is 0 Å².